The molecular weight excluding hydrogens is 679 g/mol. The Morgan fingerprint density at radius 3 is 1.76 bits per heavy atom. The van der Waals surface area contributed by atoms with Crippen LogP contribution in [-0.2, 0) is 33.2 Å². The molecule has 5 N–H and O–H groups in total. The lowest BCUT2D eigenvalue weighted by molar-refractivity contribution is -0.157. The summed E-state index contributed by atoms with van der Waals surface area (Å²) in [6.07, 6.45) is 22.4. The molecule has 1 amide bonds. The van der Waals surface area contributed by atoms with Crippen molar-refractivity contribution in [2.24, 2.45) is 5.73 Å². The Bertz CT molecular complexity index is 948. The van der Waals surface area contributed by atoms with E-state index in [0.29, 0.717) is 24.3 Å². The molecule has 50 heavy (non-hydrogen) atoms. The van der Waals surface area contributed by atoms with Gasteiger partial charge in [0.05, 0.1) is 24.3 Å². The number of esters is 2. The lowest BCUT2D eigenvalue weighted by atomic mass is 10.1. The van der Waals surface area contributed by atoms with Crippen LogP contribution in [-0.4, -0.2) is 82.8 Å². The molecule has 0 heterocycles. The van der Waals surface area contributed by atoms with Crippen LogP contribution in [0.5, 0.6) is 0 Å². The number of unbranched alkanes of at least 4 members (excludes halogenated alkanes) is 16. The zero-order chi connectivity index (χ0) is 36.9. The number of carbonyl (C=O) groups excluding carboxylic acids is 3. The van der Waals surface area contributed by atoms with Crippen LogP contribution in [0.3, 0.4) is 0 Å². The zero-order valence-electron chi connectivity index (χ0n) is 31.3. The second kappa shape index (κ2) is 29.3. The standard InChI is InChI=1S/C37H71N2O9PS/c1-3-5-7-9-11-13-15-17-19-22-34(40)47-28-32(48-35(41)23-20-18-16-14-12-10-8-6-4-2)29-50-30-33(38)36(42)39-37(24-25-37)31-46-26-21-27-49(43,44)45/h32-33H,3-31,38H2,1-2H3,(H,39,42)(H2,43,44,45)/t32-,33-/m0/s1. The Hall–Kier alpha value is -1.17. The molecular formula is C37H71N2O9PS. The Balaban J connectivity index is 2.43. The quantitative estimate of drug-likeness (QED) is 0.0286. The zero-order valence-corrected chi connectivity index (χ0v) is 33.1. The lowest BCUT2D eigenvalue weighted by Crippen LogP contribution is -2.49. The van der Waals surface area contributed by atoms with Crippen molar-refractivity contribution in [3.05, 3.63) is 0 Å². The first-order valence-corrected chi connectivity index (χ1v) is 22.6. The van der Waals surface area contributed by atoms with Gasteiger partial charge < -0.3 is 35.0 Å². The van der Waals surface area contributed by atoms with Crippen LogP contribution < -0.4 is 11.1 Å². The van der Waals surface area contributed by atoms with Crippen LogP contribution in [0.15, 0.2) is 0 Å². The summed E-state index contributed by atoms with van der Waals surface area (Å²) >= 11 is 1.38. The minimum absolute atomic E-state index is 0.0172. The first-order chi connectivity index (χ1) is 24.0. The molecule has 294 valence electrons. The summed E-state index contributed by atoms with van der Waals surface area (Å²) in [5, 5.41) is 2.97. The number of nitrogens with two attached hydrogens (primary N) is 1. The van der Waals surface area contributed by atoms with Gasteiger partial charge in [0.15, 0.2) is 0 Å². The van der Waals surface area contributed by atoms with Gasteiger partial charge in [0.1, 0.15) is 12.7 Å². The molecule has 0 aromatic carbocycles. The first kappa shape index (κ1) is 46.9. The normalized spacial score (nSPS) is 15.0. The van der Waals surface area contributed by atoms with E-state index in [0.717, 1.165) is 51.4 Å². The van der Waals surface area contributed by atoms with Crippen molar-refractivity contribution in [3.8, 4) is 0 Å². The van der Waals surface area contributed by atoms with Crippen LogP contribution in [0.25, 0.3) is 0 Å². The van der Waals surface area contributed by atoms with Crippen LogP contribution in [0.2, 0.25) is 0 Å². The van der Waals surface area contributed by atoms with E-state index in [9.17, 15) is 18.9 Å². The van der Waals surface area contributed by atoms with E-state index in [-0.39, 0.29) is 50.2 Å². The van der Waals surface area contributed by atoms with Crippen molar-refractivity contribution in [3.63, 3.8) is 0 Å². The molecule has 1 aliphatic rings. The van der Waals surface area contributed by atoms with E-state index in [4.69, 9.17) is 29.7 Å². The highest BCUT2D eigenvalue weighted by Gasteiger charge is 2.45. The number of ether oxygens (including phenoxy) is 3. The van der Waals surface area contributed by atoms with Gasteiger partial charge in [-0.05, 0) is 32.1 Å². The van der Waals surface area contributed by atoms with E-state index in [1.54, 1.807) is 0 Å². The van der Waals surface area contributed by atoms with E-state index in [1.165, 1.54) is 88.8 Å². The molecule has 1 fully saturated rings. The van der Waals surface area contributed by atoms with Crippen molar-refractivity contribution < 1.29 is 42.9 Å². The topological polar surface area (TPSA) is 174 Å². The fourth-order valence-electron chi connectivity index (χ4n) is 5.63. The molecule has 1 rings (SSSR count). The molecule has 13 heteroatoms. The summed E-state index contributed by atoms with van der Waals surface area (Å²) in [4.78, 5) is 55.9. The van der Waals surface area contributed by atoms with Crippen molar-refractivity contribution >= 4 is 37.2 Å². The summed E-state index contributed by atoms with van der Waals surface area (Å²) in [5.41, 5.74) is 5.70. The summed E-state index contributed by atoms with van der Waals surface area (Å²) in [6.45, 7) is 4.88. The molecule has 0 aliphatic heterocycles. The van der Waals surface area contributed by atoms with Gasteiger partial charge >= 0.3 is 19.5 Å². The highest BCUT2D eigenvalue weighted by atomic mass is 32.2. The summed E-state index contributed by atoms with van der Waals surface area (Å²) < 4.78 is 27.8. The summed E-state index contributed by atoms with van der Waals surface area (Å²) in [7, 11) is -4.05. The minimum atomic E-state index is -4.05. The Kier molecular flexibility index (Phi) is 27.5. The smallest absolute Gasteiger partial charge is 0.325 e. The average Bonchev–Trinajstić information content (AvgIpc) is 3.83. The van der Waals surface area contributed by atoms with Crippen molar-refractivity contribution in [1.29, 1.82) is 0 Å². The Morgan fingerprint density at radius 2 is 1.26 bits per heavy atom. The molecule has 0 aromatic rings. The van der Waals surface area contributed by atoms with Crippen molar-refractivity contribution in [1.82, 2.24) is 5.32 Å². The van der Waals surface area contributed by atoms with E-state index < -0.39 is 25.3 Å². The minimum Gasteiger partial charge on any atom is -0.462 e. The summed E-state index contributed by atoms with van der Waals surface area (Å²) in [5.74, 6) is -0.243. The van der Waals surface area contributed by atoms with Gasteiger partial charge in [0, 0.05) is 31.0 Å². The predicted octanol–water partition coefficient (Wildman–Crippen LogP) is 7.58. The first-order valence-electron chi connectivity index (χ1n) is 19.6. The average molecular weight is 751 g/mol. The fraction of sp³-hybridized carbons (Fsp3) is 0.919. The van der Waals surface area contributed by atoms with E-state index >= 15 is 0 Å². The molecule has 0 spiro atoms. The van der Waals surface area contributed by atoms with Crippen LogP contribution in [0, 0.1) is 0 Å². The second-order valence-corrected chi connectivity index (χ2v) is 17.0. The highest BCUT2D eigenvalue weighted by molar-refractivity contribution is 7.99. The van der Waals surface area contributed by atoms with Crippen molar-refractivity contribution in [2.75, 3.05) is 37.5 Å². The van der Waals surface area contributed by atoms with E-state index in [1.807, 2.05) is 0 Å². The maximum atomic E-state index is 12.8. The maximum absolute atomic E-state index is 12.8. The number of thioether (sulfide) groups is 1. The second-order valence-electron chi connectivity index (χ2n) is 14.2. The Morgan fingerprint density at radius 1 is 0.760 bits per heavy atom. The van der Waals surface area contributed by atoms with Crippen LogP contribution in [0.1, 0.15) is 162 Å². The molecule has 1 aliphatic carbocycles. The van der Waals surface area contributed by atoms with E-state index in [2.05, 4.69) is 19.2 Å². The largest absolute Gasteiger partial charge is 0.462 e. The number of carbonyl (C=O) groups is 3. The van der Waals surface area contributed by atoms with Gasteiger partial charge in [-0.2, -0.15) is 11.8 Å². The third kappa shape index (κ3) is 27.5. The van der Waals surface area contributed by atoms with Gasteiger partial charge in [0.25, 0.3) is 0 Å². The van der Waals surface area contributed by atoms with Crippen molar-refractivity contribution in [2.45, 2.75) is 179 Å². The van der Waals surface area contributed by atoms with Gasteiger partial charge in [-0.1, -0.05) is 117 Å². The van der Waals surface area contributed by atoms with Crippen LogP contribution in [0.4, 0.5) is 0 Å². The predicted molar refractivity (Wildman–Crippen MR) is 202 cm³/mol. The van der Waals surface area contributed by atoms with Gasteiger partial charge in [-0.3, -0.25) is 18.9 Å². The highest BCUT2D eigenvalue weighted by Crippen LogP contribution is 2.37. The fourth-order valence-corrected chi connectivity index (χ4v) is 7.14. The van der Waals surface area contributed by atoms with Gasteiger partial charge in [0.2, 0.25) is 5.91 Å². The number of hydrogen-bond donors (Lipinski definition) is 4. The number of rotatable bonds is 35. The number of hydrogen-bond acceptors (Lipinski definition) is 9. The molecule has 0 radical (unpaired) electrons. The summed E-state index contributed by atoms with van der Waals surface area (Å²) in [6, 6.07) is -0.792. The van der Waals surface area contributed by atoms with Gasteiger partial charge in [-0.15, -0.1) is 0 Å². The molecule has 0 saturated heterocycles. The monoisotopic (exact) mass is 750 g/mol. The Labute approximate surface area is 307 Å². The third-order valence-corrected chi connectivity index (χ3v) is 11.1. The SMILES string of the molecule is CCCCCCCCCCCC(=O)OC[C@@H](CSC[C@H](N)C(=O)NC1(COCCCP(=O)(O)O)CC1)OC(=O)CCCCCCCCCCC. The molecule has 0 bridgehead atoms. The van der Waals surface area contributed by atoms with Gasteiger partial charge in [-0.25, -0.2) is 0 Å². The molecule has 11 nitrogen and oxygen atoms in total. The molecule has 0 unspecified atom stereocenters. The molecule has 1 saturated carbocycles. The third-order valence-electron chi connectivity index (χ3n) is 8.99. The number of nitrogens with one attached hydrogen (secondary N) is 1. The molecule has 0 aromatic heterocycles. The number of amides is 1. The maximum Gasteiger partial charge on any atom is 0.325 e. The lowest BCUT2D eigenvalue weighted by Gasteiger charge is -2.21. The van der Waals surface area contributed by atoms with Crippen LogP contribution >= 0.6 is 19.4 Å². The molecule has 2 atom stereocenters.